The number of para-hydroxylation sites is 4. The van der Waals surface area contributed by atoms with Gasteiger partial charge in [0.1, 0.15) is 0 Å². The molecular weight excluding hydrogens is 1410 g/mol. The third-order valence-corrected chi connectivity index (χ3v) is 23.7. The summed E-state index contributed by atoms with van der Waals surface area (Å²) in [4.78, 5) is 4.76. The van der Waals surface area contributed by atoms with Gasteiger partial charge < -0.3 is 18.9 Å². The van der Waals surface area contributed by atoms with Crippen LogP contribution >= 0.6 is 0 Å². The topological polar surface area (TPSA) is 16.3 Å². The molecule has 0 N–H and O–H groups in total. The second-order valence-electron chi connectivity index (χ2n) is 35.4. The first-order valence-corrected chi connectivity index (χ1v) is 40.3. The highest BCUT2D eigenvalue weighted by Gasteiger charge is 2.47. The summed E-state index contributed by atoms with van der Waals surface area (Å²) in [5, 5.41) is -0.325. The van der Waals surface area contributed by atoms with Crippen molar-refractivity contribution < 1.29 is 21.9 Å². The molecule has 2 aliphatic rings. The number of nitrogens with zero attached hydrogens (tertiary/aromatic N) is 4. The molecule has 2 aliphatic heterocycles. The second-order valence-corrected chi connectivity index (χ2v) is 35.4. The van der Waals surface area contributed by atoms with Crippen molar-refractivity contribution in [3.8, 4) is 89.3 Å². The van der Waals surface area contributed by atoms with E-state index in [1.54, 1.807) is 9.13 Å². The molecule has 0 saturated heterocycles. The van der Waals surface area contributed by atoms with E-state index in [2.05, 4.69) is 275 Å². The number of hydrogen-bond donors (Lipinski definition) is 0. The maximum atomic E-state index is 10.1. The first-order valence-electron chi connectivity index (χ1n) is 48.3. The third-order valence-electron chi connectivity index (χ3n) is 23.7. The van der Waals surface area contributed by atoms with Crippen molar-refractivity contribution in [3.05, 3.63) is 380 Å². The number of rotatable bonds is 11. The van der Waals surface area contributed by atoms with Crippen LogP contribution in [0.4, 0.5) is 34.1 Å². The fourth-order valence-electron chi connectivity index (χ4n) is 17.6. The molecule has 4 heterocycles. The molecule has 566 valence electrons. The van der Waals surface area contributed by atoms with E-state index in [1.165, 1.54) is 0 Å². The van der Waals surface area contributed by atoms with Crippen LogP contribution in [-0.4, -0.2) is 15.8 Å². The Kier molecular flexibility index (Phi) is 13.5. The smallest absolute Gasteiger partial charge is 0.252 e. The summed E-state index contributed by atoms with van der Waals surface area (Å²) in [5.74, 6) is 0. The van der Waals surface area contributed by atoms with E-state index in [1.807, 2.05) is 78.9 Å². The Bertz CT molecular complexity index is 7390. The zero-order chi connectivity index (χ0) is 93.9. The Morgan fingerprint density at radius 2 is 0.504 bits per heavy atom. The molecule has 0 bridgehead atoms. The van der Waals surface area contributed by atoms with Crippen LogP contribution in [0, 0.1) is 0 Å². The average molecular weight is 1520 g/mol. The summed E-state index contributed by atoms with van der Waals surface area (Å²) in [6, 6.07) is 83.1. The quantitative estimate of drug-likeness (QED) is 0.120. The van der Waals surface area contributed by atoms with Crippen LogP contribution in [0.3, 0.4) is 0 Å². The normalized spacial score (nSPS) is 14.8. The molecule has 20 rings (SSSR count). The van der Waals surface area contributed by atoms with E-state index in [-0.39, 0.29) is 43.6 Å². The Labute approximate surface area is 711 Å². The molecule has 0 aliphatic carbocycles. The molecule has 4 nitrogen and oxygen atoms in total. The molecule has 0 radical (unpaired) electrons. The summed E-state index contributed by atoms with van der Waals surface area (Å²) < 4.78 is 158. The molecule has 0 atom stereocenters. The molecule has 18 aromatic rings. The number of aromatic nitrogens is 2. The van der Waals surface area contributed by atoms with Gasteiger partial charge in [-0.15, -0.1) is 0 Å². The van der Waals surface area contributed by atoms with Gasteiger partial charge in [0.2, 0.25) is 0 Å². The standard InChI is InChI=1S/C112H95BN4/c1-109(2,3)82-60-77(72-36-18-13-19-37-72)58-80(62-82)94-68-84(111(7,8)9)66-92(75-42-24-16-25-43-75)107(94)116-102-70-86(114-98-50-32-28-46-88(98)89-47-29-33-51-99(89)114)54-56-96(102)113-97-57-55-87(115-100-52-34-30-48-90(100)91-49-31-35-53-101(91)115)71-103(97)117(105-65-79(64-104(116)106(105)113)74-40-22-15-23-41-74)108-93(76-44-26-17-27-45-76)67-85(112(10,11)12)69-95(108)81-59-78(73-38-20-14-21-39-73)61-83(63-81)110(4,5)6/h13-71H,1-12H3/i28D,29D,30D,31D,32D,33D,34D,35D,46D,47D,48D,49D,50D,51D,52D,53D. The fourth-order valence-corrected chi connectivity index (χ4v) is 17.6. The zero-order valence-corrected chi connectivity index (χ0v) is 67.7. The Morgan fingerprint density at radius 3 is 0.812 bits per heavy atom. The molecule has 0 fully saturated rings. The van der Waals surface area contributed by atoms with E-state index in [0.29, 0.717) is 34.1 Å². The van der Waals surface area contributed by atoms with Crippen molar-refractivity contribution in [2.75, 3.05) is 9.80 Å². The lowest BCUT2D eigenvalue weighted by atomic mass is 9.33. The molecule has 16 aromatic carbocycles. The molecule has 0 unspecified atom stereocenters. The van der Waals surface area contributed by atoms with Crippen LogP contribution in [-0.2, 0) is 21.7 Å². The molecule has 2 aromatic heterocycles. The van der Waals surface area contributed by atoms with Crippen molar-refractivity contribution in [2.24, 2.45) is 0 Å². The van der Waals surface area contributed by atoms with Crippen molar-refractivity contribution in [1.82, 2.24) is 9.13 Å². The van der Waals surface area contributed by atoms with Crippen LogP contribution in [0.15, 0.2) is 358 Å². The monoisotopic (exact) mass is 1520 g/mol. The third kappa shape index (κ3) is 12.5. The predicted octanol–water partition coefficient (Wildman–Crippen LogP) is 28.8. The molecule has 117 heavy (non-hydrogen) atoms. The summed E-state index contributed by atoms with van der Waals surface area (Å²) in [7, 11) is 0. The van der Waals surface area contributed by atoms with Crippen molar-refractivity contribution in [1.29, 1.82) is 0 Å². The van der Waals surface area contributed by atoms with Crippen LogP contribution in [0.5, 0.6) is 0 Å². The van der Waals surface area contributed by atoms with Gasteiger partial charge in [-0.25, -0.2) is 0 Å². The minimum Gasteiger partial charge on any atom is -0.310 e. The van der Waals surface area contributed by atoms with E-state index < -0.39 is 125 Å². The van der Waals surface area contributed by atoms with Crippen LogP contribution in [0.1, 0.15) is 127 Å². The number of fused-ring (bicyclic) bond motifs is 10. The largest absolute Gasteiger partial charge is 0.310 e. The first kappa shape index (κ1) is 56.9. The van der Waals surface area contributed by atoms with E-state index >= 15 is 0 Å². The lowest BCUT2D eigenvalue weighted by Crippen LogP contribution is -2.61. The first-order chi connectivity index (χ1) is 63.2. The molecule has 5 heteroatoms. The summed E-state index contributed by atoms with van der Waals surface area (Å²) in [5.41, 5.74) is 21.6. The minimum atomic E-state index is -0.839. The lowest BCUT2D eigenvalue weighted by molar-refractivity contribution is 0.589. The number of benzene rings is 16. The van der Waals surface area contributed by atoms with Gasteiger partial charge in [-0.1, -0.05) is 344 Å². The summed E-state index contributed by atoms with van der Waals surface area (Å²) in [6.07, 6.45) is 0. The van der Waals surface area contributed by atoms with Gasteiger partial charge in [0.15, 0.2) is 0 Å². The molecule has 0 spiro atoms. The average Bonchev–Trinajstić information content (AvgIpc) is 1.56. The maximum absolute atomic E-state index is 10.1. The molecule has 0 amide bonds. The highest BCUT2D eigenvalue weighted by Crippen LogP contribution is 2.57. The molecular formula is C112H95BN4. The SMILES string of the molecule is [2H]c1c([2H])c([2H])c2c(c1[2H])c1c([2H])c([2H])c([2H])c([2H])c1n2-c1ccc2c(c1)N(c1c(-c3ccccc3)cc(C(C)(C)C)cc1-c1cc(-c3ccccc3)cc(C(C)(C)C)c1)c1cc(-c3ccccc3)cc3c1B2c1ccc(-n2c4c([2H])c([2H])c([2H])c([2H])c4c4c([2H])c([2H])c([2H])c([2H])c42)cc1N3c1c(-c2ccccc2)cc(C(C)(C)C)cc1-c1cc(-c2ccccc2)cc(C(C)(C)C)c1. The minimum absolute atomic E-state index is 0.0608. The predicted molar refractivity (Wildman–Crippen MR) is 502 cm³/mol. The van der Waals surface area contributed by atoms with Gasteiger partial charge in [-0.2, -0.15) is 0 Å². The zero-order valence-electron chi connectivity index (χ0n) is 83.7. The van der Waals surface area contributed by atoms with Gasteiger partial charge in [0, 0.05) is 77.9 Å². The van der Waals surface area contributed by atoms with E-state index in [9.17, 15) is 21.9 Å². The number of anilines is 6. The summed E-state index contributed by atoms with van der Waals surface area (Å²) in [6.45, 7) is 25.9. The van der Waals surface area contributed by atoms with Gasteiger partial charge >= 0.3 is 0 Å². The van der Waals surface area contributed by atoms with Gasteiger partial charge in [0.05, 0.1) is 55.4 Å². The second kappa shape index (κ2) is 27.8. The van der Waals surface area contributed by atoms with Gasteiger partial charge in [-0.05, 0) is 213 Å². The fraction of sp³-hybridized carbons (Fsp3) is 0.143. The van der Waals surface area contributed by atoms with Crippen LogP contribution in [0.25, 0.3) is 133 Å². The highest BCUT2D eigenvalue weighted by molar-refractivity contribution is 7.00. The van der Waals surface area contributed by atoms with Crippen molar-refractivity contribution in [3.63, 3.8) is 0 Å². The van der Waals surface area contributed by atoms with E-state index in [4.69, 9.17) is 0 Å². The number of hydrogen-bond acceptors (Lipinski definition) is 2. The lowest BCUT2D eigenvalue weighted by Gasteiger charge is -2.46. The van der Waals surface area contributed by atoms with Crippen LogP contribution in [0.2, 0.25) is 0 Å². The van der Waals surface area contributed by atoms with E-state index in [0.717, 1.165) is 128 Å². The maximum Gasteiger partial charge on any atom is 0.252 e. The Hall–Kier alpha value is -13.2. The van der Waals surface area contributed by atoms with Crippen molar-refractivity contribution in [2.45, 2.75) is 105 Å². The van der Waals surface area contributed by atoms with Crippen LogP contribution < -0.4 is 26.2 Å². The molecule has 0 saturated carbocycles. The Balaban J connectivity index is 1.04. The Morgan fingerprint density at radius 1 is 0.239 bits per heavy atom. The van der Waals surface area contributed by atoms with Crippen molar-refractivity contribution >= 4 is 101 Å². The summed E-state index contributed by atoms with van der Waals surface area (Å²) >= 11 is 0. The highest BCUT2D eigenvalue weighted by atomic mass is 15.2. The van der Waals surface area contributed by atoms with Gasteiger partial charge in [0.25, 0.3) is 6.71 Å². The van der Waals surface area contributed by atoms with Gasteiger partial charge in [-0.3, -0.25) is 0 Å².